The number of nitrogens with zero attached hydrogens (tertiary/aromatic N) is 3. The Morgan fingerprint density at radius 1 is 1.57 bits per heavy atom. The Morgan fingerprint density at radius 3 is 2.90 bits per heavy atom. The van der Waals surface area contributed by atoms with E-state index in [1.807, 2.05) is 32.9 Å². The van der Waals surface area contributed by atoms with Gasteiger partial charge in [0.25, 0.3) is 0 Å². The van der Waals surface area contributed by atoms with Crippen molar-refractivity contribution in [1.82, 2.24) is 15.2 Å². The lowest BCUT2D eigenvalue weighted by atomic mass is 10.1. The van der Waals surface area contributed by atoms with Crippen LogP contribution in [0.4, 0.5) is 4.79 Å². The van der Waals surface area contributed by atoms with Gasteiger partial charge in [-0.15, -0.1) is 0 Å². The highest BCUT2D eigenvalue weighted by Gasteiger charge is 2.29. The van der Waals surface area contributed by atoms with Crippen molar-refractivity contribution in [2.45, 2.75) is 39.0 Å². The summed E-state index contributed by atoms with van der Waals surface area (Å²) >= 11 is 0. The summed E-state index contributed by atoms with van der Waals surface area (Å²) in [5.74, 6) is 0. The number of nitriles is 1. The molecule has 0 saturated carbocycles. The molecule has 1 N–H and O–H groups in total. The van der Waals surface area contributed by atoms with Gasteiger partial charge in [-0.05, 0) is 38.5 Å². The zero-order valence-electron chi connectivity index (χ0n) is 12.6. The predicted molar refractivity (Wildman–Crippen MR) is 77.4 cm³/mol. The average Bonchev–Trinajstić information content (AvgIpc) is 2.34. The number of rotatable bonds is 3. The second-order valence-electron chi connectivity index (χ2n) is 6.20. The van der Waals surface area contributed by atoms with Crippen molar-refractivity contribution in [2.75, 3.05) is 13.1 Å². The van der Waals surface area contributed by atoms with Gasteiger partial charge in [-0.2, -0.15) is 5.26 Å². The molecule has 1 fully saturated rings. The molecule has 0 radical (unpaired) electrons. The summed E-state index contributed by atoms with van der Waals surface area (Å²) in [6.45, 7) is 7.85. The first-order valence-electron chi connectivity index (χ1n) is 6.92. The molecule has 1 aliphatic rings. The quantitative estimate of drug-likeness (QED) is 0.915. The van der Waals surface area contributed by atoms with Crippen LogP contribution in [0.1, 0.15) is 32.0 Å². The average molecular weight is 288 g/mol. The first kappa shape index (κ1) is 15.3. The summed E-state index contributed by atoms with van der Waals surface area (Å²) < 4.78 is 5.22. The van der Waals surface area contributed by atoms with Crippen molar-refractivity contribution >= 4 is 6.09 Å². The normalized spacial score (nSPS) is 15.9. The van der Waals surface area contributed by atoms with Crippen molar-refractivity contribution in [1.29, 1.82) is 5.26 Å². The Labute approximate surface area is 124 Å². The number of nitrogens with one attached hydrogen (secondary N) is 1. The van der Waals surface area contributed by atoms with Gasteiger partial charge in [0.2, 0.25) is 0 Å². The van der Waals surface area contributed by atoms with E-state index in [9.17, 15) is 4.79 Å². The lowest BCUT2D eigenvalue weighted by molar-refractivity contribution is 0.0392. The van der Waals surface area contributed by atoms with Gasteiger partial charge >= 0.3 is 6.09 Å². The number of amides is 1. The molecule has 6 nitrogen and oxygen atoms in total. The molecule has 2 rings (SSSR count). The highest BCUT2D eigenvalue weighted by atomic mass is 16.6. The Hall–Kier alpha value is -2.13. The van der Waals surface area contributed by atoms with E-state index in [-0.39, 0.29) is 12.1 Å². The smallest absolute Gasteiger partial charge is 0.407 e. The SMILES string of the molecule is CC(C)(C)OC(=O)NC1CN(Cc2ccnc(C#N)c2)C1. The zero-order valence-corrected chi connectivity index (χ0v) is 12.6. The fourth-order valence-corrected chi connectivity index (χ4v) is 2.16. The number of alkyl carbamates (subject to hydrolysis) is 1. The highest BCUT2D eigenvalue weighted by molar-refractivity contribution is 5.68. The zero-order chi connectivity index (χ0) is 15.5. The summed E-state index contributed by atoms with van der Waals surface area (Å²) in [5.41, 5.74) is 1.01. The second kappa shape index (κ2) is 6.10. The number of likely N-dealkylation sites (tertiary alicyclic amines) is 1. The lowest BCUT2D eigenvalue weighted by Gasteiger charge is -2.39. The number of aromatic nitrogens is 1. The number of carbonyl (C=O) groups excluding carboxylic acids is 1. The van der Waals surface area contributed by atoms with Crippen molar-refractivity contribution in [3.8, 4) is 6.07 Å². The number of hydrogen-bond acceptors (Lipinski definition) is 5. The molecule has 6 heteroatoms. The highest BCUT2D eigenvalue weighted by Crippen LogP contribution is 2.14. The van der Waals surface area contributed by atoms with Gasteiger partial charge in [0.1, 0.15) is 17.4 Å². The van der Waals surface area contributed by atoms with E-state index in [1.165, 1.54) is 0 Å². The van der Waals surface area contributed by atoms with Crippen LogP contribution in [0, 0.1) is 11.3 Å². The maximum Gasteiger partial charge on any atom is 0.407 e. The van der Waals surface area contributed by atoms with Crippen molar-refractivity contribution in [3.05, 3.63) is 29.6 Å². The van der Waals surface area contributed by atoms with Gasteiger partial charge in [0.05, 0.1) is 6.04 Å². The van der Waals surface area contributed by atoms with Crippen molar-refractivity contribution in [3.63, 3.8) is 0 Å². The molecule has 21 heavy (non-hydrogen) atoms. The molecule has 112 valence electrons. The molecule has 0 unspecified atom stereocenters. The van der Waals surface area contributed by atoms with Crippen molar-refractivity contribution in [2.24, 2.45) is 0 Å². The topological polar surface area (TPSA) is 78.2 Å². The van der Waals surface area contributed by atoms with Crippen LogP contribution in [-0.2, 0) is 11.3 Å². The minimum Gasteiger partial charge on any atom is -0.444 e. The summed E-state index contributed by atoms with van der Waals surface area (Å²) in [6.07, 6.45) is 1.27. The molecule has 0 atom stereocenters. The first-order chi connectivity index (χ1) is 9.85. The van der Waals surface area contributed by atoms with Gasteiger partial charge < -0.3 is 10.1 Å². The fraction of sp³-hybridized carbons (Fsp3) is 0.533. The third-order valence-corrected chi connectivity index (χ3v) is 3.02. The molecule has 2 heterocycles. The van der Waals surface area contributed by atoms with E-state index < -0.39 is 5.60 Å². The minimum absolute atomic E-state index is 0.122. The number of carbonyl (C=O) groups is 1. The summed E-state index contributed by atoms with van der Waals surface area (Å²) in [6, 6.07) is 5.84. The summed E-state index contributed by atoms with van der Waals surface area (Å²) in [4.78, 5) is 17.8. The van der Waals surface area contributed by atoms with Crippen LogP contribution in [0.3, 0.4) is 0 Å². The minimum atomic E-state index is -0.474. The molecule has 0 aliphatic carbocycles. The van der Waals surface area contributed by atoms with Crippen LogP contribution in [0.2, 0.25) is 0 Å². The number of pyridine rings is 1. The molecular formula is C15H20N4O2. The van der Waals surface area contributed by atoms with Crippen LogP contribution in [-0.4, -0.2) is 40.7 Å². The molecule has 1 saturated heterocycles. The summed E-state index contributed by atoms with van der Waals surface area (Å²) in [5, 5.41) is 11.7. The molecule has 1 aliphatic heterocycles. The van der Waals surface area contributed by atoms with Gasteiger partial charge in [-0.3, -0.25) is 4.90 Å². The fourth-order valence-electron chi connectivity index (χ4n) is 2.16. The first-order valence-corrected chi connectivity index (χ1v) is 6.92. The molecule has 1 aromatic rings. The van der Waals surface area contributed by atoms with E-state index in [4.69, 9.17) is 10.00 Å². The van der Waals surface area contributed by atoms with E-state index in [0.29, 0.717) is 5.69 Å². The predicted octanol–water partition coefficient (Wildman–Crippen LogP) is 1.66. The van der Waals surface area contributed by atoms with Crippen LogP contribution >= 0.6 is 0 Å². The molecule has 1 amide bonds. The largest absolute Gasteiger partial charge is 0.444 e. The Morgan fingerprint density at radius 2 is 2.29 bits per heavy atom. The monoisotopic (exact) mass is 288 g/mol. The van der Waals surface area contributed by atoms with Crippen LogP contribution < -0.4 is 5.32 Å². The summed E-state index contributed by atoms with van der Waals surface area (Å²) in [7, 11) is 0. The van der Waals surface area contributed by atoms with Crippen LogP contribution in [0.25, 0.3) is 0 Å². The van der Waals surface area contributed by atoms with Crippen LogP contribution in [0.5, 0.6) is 0 Å². The Kier molecular flexibility index (Phi) is 4.43. The van der Waals surface area contributed by atoms with E-state index in [1.54, 1.807) is 12.3 Å². The Balaban J connectivity index is 1.74. The Bertz CT molecular complexity index is 554. The third-order valence-electron chi connectivity index (χ3n) is 3.02. The molecule has 0 spiro atoms. The van der Waals surface area contributed by atoms with E-state index >= 15 is 0 Å². The van der Waals surface area contributed by atoms with Gasteiger partial charge in [0.15, 0.2) is 0 Å². The third kappa shape index (κ3) is 4.72. The lowest BCUT2D eigenvalue weighted by Crippen LogP contribution is -2.59. The standard InChI is InChI=1S/C15H20N4O2/c1-15(2,3)21-14(20)18-13-9-19(10-13)8-11-4-5-17-12(6-11)7-16/h4-6,13H,8-10H2,1-3H3,(H,18,20). The van der Waals surface area contributed by atoms with Gasteiger partial charge in [0, 0.05) is 25.8 Å². The van der Waals surface area contributed by atoms with E-state index in [2.05, 4.69) is 15.2 Å². The van der Waals surface area contributed by atoms with Crippen LogP contribution in [0.15, 0.2) is 18.3 Å². The molecule has 0 aromatic carbocycles. The molecular weight excluding hydrogens is 268 g/mol. The maximum absolute atomic E-state index is 11.6. The molecule has 1 aromatic heterocycles. The second-order valence-corrected chi connectivity index (χ2v) is 6.20. The molecule has 0 bridgehead atoms. The van der Waals surface area contributed by atoms with Gasteiger partial charge in [-0.25, -0.2) is 9.78 Å². The maximum atomic E-state index is 11.6. The van der Waals surface area contributed by atoms with Crippen molar-refractivity contribution < 1.29 is 9.53 Å². The van der Waals surface area contributed by atoms with Gasteiger partial charge in [-0.1, -0.05) is 0 Å². The van der Waals surface area contributed by atoms with E-state index in [0.717, 1.165) is 25.2 Å². The number of hydrogen-bond donors (Lipinski definition) is 1. The number of ether oxygens (including phenoxy) is 1.